The first-order chi connectivity index (χ1) is 13.5. The van der Waals surface area contributed by atoms with Gasteiger partial charge in [-0.05, 0) is 62.0 Å². The Hall–Kier alpha value is -2.45. The van der Waals surface area contributed by atoms with Crippen molar-refractivity contribution in [3.8, 4) is 5.75 Å². The summed E-state index contributed by atoms with van der Waals surface area (Å²) in [6.45, 7) is 2.52. The lowest BCUT2D eigenvalue weighted by atomic mass is 9.95. The van der Waals surface area contributed by atoms with Gasteiger partial charge in [-0.25, -0.2) is 0 Å². The number of hydrogen-bond donors (Lipinski definition) is 3. The van der Waals surface area contributed by atoms with Crippen LogP contribution in [0, 0.1) is 0 Å². The molecule has 148 valence electrons. The van der Waals surface area contributed by atoms with Crippen molar-refractivity contribution in [2.45, 2.75) is 39.0 Å². The Balaban J connectivity index is 1.74. The number of para-hydroxylation sites is 1. The van der Waals surface area contributed by atoms with Gasteiger partial charge >= 0.3 is 0 Å². The number of ether oxygens (including phenoxy) is 1. The third-order valence-corrected chi connectivity index (χ3v) is 5.88. The zero-order valence-corrected chi connectivity index (χ0v) is 17.3. The molecule has 0 unspecified atom stereocenters. The van der Waals surface area contributed by atoms with Crippen LogP contribution in [0.2, 0.25) is 0 Å². The smallest absolute Gasteiger partial charge is 0.261 e. The molecule has 0 aliphatic heterocycles. The van der Waals surface area contributed by atoms with Gasteiger partial charge < -0.3 is 15.8 Å². The molecule has 0 saturated heterocycles. The third kappa shape index (κ3) is 4.51. The highest BCUT2D eigenvalue weighted by Crippen LogP contribution is 2.37. The molecule has 6 nitrogen and oxygen atoms in total. The number of nitrogens with one attached hydrogen (secondary N) is 2. The second-order valence-corrected chi connectivity index (χ2v) is 8.05. The predicted octanol–water partition coefficient (Wildman–Crippen LogP) is 3.64. The number of benzene rings is 1. The van der Waals surface area contributed by atoms with Crippen LogP contribution in [0.5, 0.6) is 5.75 Å². The number of aryl methyl sites for hydroxylation is 1. The second-order valence-electron chi connectivity index (χ2n) is 6.53. The van der Waals surface area contributed by atoms with Gasteiger partial charge in [0.05, 0.1) is 17.7 Å². The van der Waals surface area contributed by atoms with Crippen molar-refractivity contribution in [2.24, 2.45) is 5.73 Å². The molecule has 0 saturated carbocycles. The van der Waals surface area contributed by atoms with Gasteiger partial charge in [-0.3, -0.25) is 14.9 Å². The van der Waals surface area contributed by atoms with Crippen LogP contribution < -0.4 is 21.1 Å². The van der Waals surface area contributed by atoms with E-state index in [0.717, 1.165) is 42.5 Å². The fourth-order valence-electron chi connectivity index (χ4n) is 3.21. The predicted molar refractivity (Wildman–Crippen MR) is 115 cm³/mol. The lowest BCUT2D eigenvalue weighted by molar-refractivity contribution is 0.0971. The molecule has 1 aromatic carbocycles. The SMILES string of the molecule is CCCOc1ccccc1C(=O)NC(=S)Nc1sc2c(c1C(N)=O)CCCC2. The maximum atomic E-state index is 12.6. The third-order valence-electron chi connectivity index (χ3n) is 4.47. The normalized spacial score (nSPS) is 12.8. The number of fused-ring (bicyclic) bond motifs is 1. The van der Waals surface area contributed by atoms with Crippen molar-refractivity contribution in [1.29, 1.82) is 0 Å². The van der Waals surface area contributed by atoms with Crippen molar-refractivity contribution >= 4 is 45.5 Å². The van der Waals surface area contributed by atoms with Crippen LogP contribution in [0.3, 0.4) is 0 Å². The van der Waals surface area contributed by atoms with E-state index in [9.17, 15) is 9.59 Å². The molecule has 1 heterocycles. The summed E-state index contributed by atoms with van der Waals surface area (Å²) in [7, 11) is 0. The molecule has 0 bridgehead atoms. The summed E-state index contributed by atoms with van der Waals surface area (Å²) in [5.74, 6) is -0.338. The molecule has 1 aliphatic carbocycles. The largest absolute Gasteiger partial charge is 0.493 e. The number of hydrogen-bond acceptors (Lipinski definition) is 5. The number of nitrogens with two attached hydrogens (primary N) is 1. The number of carbonyl (C=O) groups is 2. The zero-order chi connectivity index (χ0) is 20.1. The highest BCUT2D eigenvalue weighted by atomic mass is 32.1. The fourth-order valence-corrected chi connectivity index (χ4v) is 4.77. The van der Waals surface area contributed by atoms with E-state index in [2.05, 4.69) is 10.6 Å². The van der Waals surface area contributed by atoms with E-state index in [4.69, 9.17) is 22.7 Å². The minimum Gasteiger partial charge on any atom is -0.493 e. The zero-order valence-electron chi connectivity index (χ0n) is 15.7. The molecule has 0 fully saturated rings. The highest BCUT2D eigenvalue weighted by Gasteiger charge is 2.25. The molecular weight excluding hydrogens is 394 g/mol. The Labute approximate surface area is 173 Å². The monoisotopic (exact) mass is 417 g/mol. The Bertz CT molecular complexity index is 908. The molecule has 2 aromatic rings. The molecule has 1 aromatic heterocycles. The Morgan fingerprint density at radius 1 is 1.25 bits per heavy atom. The maximum Gasteiger partial charge on any atom is 0.261 e. The fraction of sp³-hybridized carbons (Fsp3) is 0.350. The molecule has 2 amide bonds. The molecular formula is C20H23N3O3S2. The highest BCUT2D eigenvalue weighted by molar-refractivity contribution is 7.80. The number of amides is 2. The van der Waals surface area contributed by atoms with Gasteiger partial charge in [-0.15, -0.1) is 11.3 Å². The molecule has 3 rings (SSSR count). The van der Waals surface area contributed by atoms with Crippen molar-refractivity contribution in [2.75, 3.05) is 11.9 Å². The van der Waals surface area contributed by atoms with E-state index in [1.807, 2.05) is 13.0 Å². The molecule has 0 atom stereocenters. The van der Waals surface area contributed by atoms with Crippen LogP contribution >= 0.6 is 23.6 Å². The molecule has 0 radical (unpaired) electrons. The van der Waals surface area contributed by atoms with E-state index in [0.29, 0.717) is 28.5 Å². The summed E-state index contributed by atoms with van der Waals surface area (Å²) in [6.07, 6.45) is 4.76. The number of anilines is 1. The summed E-state index contributed by atoms with van der Waals surface area (Å²) in [4.78, 5) is 25.8. The average Bonchev–Trinajstić information content (AvgIpc) is 3.04. The van der Waals surface area contributed by atoms with Crippen molar-refractivity contribution in [3.05, 3.63) is 45.8 Å². The van der Waals surface area contributed by atoms with E-state index in [1.165, 1.54) is 11.3 Å². The van der Waals surface area contributed by atoms with E-state index in [1.54, 1.807) is 18.2 Å². The van der Waals surface area contributed by atoms with Crippen LogP contribution in [0.4, 0.5) is 5.00 Å². The van der Waals surface area contributed by atoms with Crippen LogP contribution in [0.25, 0.3) is 0 Å². The van der Waals surface area contributed by atoms with Gasteiger partial charge in [0.1, 0.15) is 10.8 Å². The minimum absolute atomic E-state index is 0.122. The lowest BCUT2D eigenvalue weighted by Gasteiger charge is -2.13. The topological polar surface area (TPSA) is 93.4 Å². The number of thiophene rings is 1. The van der Waals surface area contributed by atoms with Crippen molar-refractivity contribution in [1.82, 2.24) is 5.32 Å². The quantitative estimate of drug-likeness (QED) is 0.624. The summed E-state index contributed by atoms with van der Waals surface area (Å²) < 4.78 is 5.63. The maximum absolute atomic E-state index is 12.6. The minimum atomic E-state index is -0.477. The summed E-state index contributed by atoms with van der Waals surface area (Å²) in [6, 6.07) is 7.01. The van der Waals surface area contributed by atoms with E-state index in [-0.39, 0.29) is 11.0 Å². The number of carbonyl (C=O) groups excluding carboxylic acids is 2. The van der Waals surface area contributed by atoms with Crippen molar-refractivity contribution in [3.63, 3.8) is 0 Å². The van der Waals surface area contributed by atoms with E-state index >= 15 is 0 Å². The molecule has 4 N–H and O–H groups in total. The van der Waals surface area contributed by atoms with Crippen LogP contribution in [0.1, 0.15) is 57.3 Å². The molecule has 8 heteroatoms. The number of rotatable bonds is 6. The van der Waals surface area contributed by atoms with Gasteiger partial charge in [0, 0.05) is 4.88 Å². The standard InChI is InChI=1S/C20H23N3O3S2/c1-2-11-26-14-9-5-3-7-12(14)18(25)22-20(27)23-19-16(17(21)24)13-8-4-6-10-15(13)28-19/h3,5,7,9H,2,4,6,8,10-11H2,1H3,(H2,21,24)(H2,22,23,25,27). The Morgan fingerprint density at radius 2 is 2.00 bits per heavy atom. The molecule has 0 spiro atoms. The summed E-state index contributed by atoms with van der Waals surface area (Å²) in [5.41, 5.74) is 7.50. The summed E-state index contributed by atoms with van der Waals surface area (Å²) >= 11 is 6.78. The van der Waals surface area contributed by atoms with Gasteiger partial charge in [0.2, 0.25) is 0 Å². The van der Waals surface area contributed by atoms with Crippen LogP contribution in [-0.2, 0) is 12.8 Å². The summed E-state index contributed by atoms with van der Waals surface area (Å²) in [5, 5.41) is 6.37. The Kier molecular flexibility index (Phi) is 6.64. The molecule has 1 aliphatic rings. The first kappa shape index (κ1) is 20.3. The van der Waals surface area contributed by atoms with Crippen LogP contribution in [-0.4, -0.2) is 23.5 Å². The van der Waals surface area contributed by atoms with Crippen molar-refractivity contribution < 1.29 is 14.3 Å². The van der Waals surface area contributed by atoms with Gasteiger partial charge in [-0.1, -0.05) is 19.1 Å². The molecule has 28 heavy (non-hydrogen) atoms. The van der Waals surface area contributed by atoms with E-state index < -0.39 is 5.91 Å². The number of primary amides is 1. The number of thiocarbonyl (C=S) groups is 1. The Morgan fingerprint density at radius 3 is 2.75 bits per heavy atom. The average molecular weight is 418 g/mol. The van der Waals surface area contributed by atoms with Gasteiger partial charge in [-0.2, -0.15) is 0 Å². The first-order valence-corrected chi connectivity index (χ1v) is 10.5. The lowest BCUT2D eigenvalue weighted by Crippen LogP contribution is -2.34. The van der Waals surface area contributed by atoms with Gasteiger partial charge in [0.15, 0.2) is 5.11 Å². The van der Waals surface area contributed by atoms with Gasteiger partial charge in [0.25, 0.3) is 11.8 Å². The van der Waals surface area contributed by atoms with Crippen LogP contribution in [0.15, 0.2) is 24.3 Å². The first-order valence-electron chi connectivity index (χ1n) is 9.29. The second kappa shape index (κ2) is 9.16.